The van der Waals surface area contributed by atoms with E-state index in [0.717, 1.165) is 18.9 Å². The number of aromatic nitrogens is 2. The minimum Gasteiger partial charge on any atom is -0.439 e. The number of hydrogen-bond donors (Lipinski definition) is 3. The number of halogens is 4. The highest BCUT2D eigenvalue weighted by Gasteiger charge is 2.36. The first-order valence-corrected chi connectivity index (χ1v) is 11.1. The highest BCUT2D eigenvalue weighted by atomic mass is 35.5. The molecule has 1 aliphatic heterocycles. The summed E-state index contributed by atoms with van der Waals surface area (Å²) in [5.41, 5.74) is 5.62. The van der Waals surface area contributed by atoms with Crippen LogP contribution in [0.15, 0.2) is 54.9 Å². The van der Waals surface area contributed by atoms with Crippen LogP contribution in [0.3, 0.4) is 0 Å². The second kappa shape index (κ2) is 10.5. The largest absolute Gasteiger partial charge is 0.439 e. The summed E-state index contributed by atoms with van der Waals surface area (Å²) in [4.78, 5) is 21.9. The Hall–Kier alpha value is -3.41. The average Bonchev–Trinajstić information content (AvgIpc) is 3.34. The highest BCUT2D eigenvalue weighted by Crippen LogP contribution is 2.37. The quantitative estimate of drug-likeness (QED) is 0.374. The summed E-state index contributed by atoms with van der Waals surface area (Å²) in [7, 11) is 0. The van der Waals surface area contributed by atoms with E-state index in [-0.39, 0.29) is 22.3 Å². The smallest absolute Gasteiger partial charge is 0.416 e. The molecule has 1 saturated heterocycles. The van der Waals surface area contributed by atoms with Crippen LogP contribution in [0.2, 0.25) is 5.15 Å². The number of hydrogen-bond acceptors (Lipinski definition) is 6. The first-order chi connectivity index (χ1) is 16.7. The standard InChI is InChI=1S/C23H22ClF3N6O2/c24-19-12-20(30-13-29-19)35-16-6-3-14(4-7-16)31-22(34)32-15-5-8-17(18(11-15)23(25,26)27)21(28)33-9-1-2-10-33/h3-8,11-13,21H,1-2,9-10,28H2,(H2,31,32,34). The van der Waals surface area contributed by atoms with Crippen LogP contribution in [-0.4, -0.2) is 34.0 Å². The van der Waals surface area contributed by atoms with Crippen LogP contribution < -0.4 is 21.1 Å². The molecule has 0 spiro atoms. The Bertz CT molecular complexity index is 1190. The summed E-state index contributed by atoms with van der Waals surface area (Å²) >= 11 is 5.79. The van der Waals surface area contributed by atoms with Crippen LogP contribution in [0.25, 0.3) is 0 Å². The lowest BCUT2D eigenvalue weighted by atomic mass is 10.0. The predicted molar refractivity (Wildman–Crippen MR) is 125 cm³/mol. The van der Waals surface area contributed by atoms with Crippen LogP contribution in [0.4, 0.5) is 29.3 Å². The molecule has 184 valence electrons. The molecule has 12 heteroatoms. The van der Waals surface area contributed by atoms with Crippen molar-refractivity contribution in [3.05, 3.63) is 71.1 Å². The van der Waals surface area contributed by atoms with E-state index in [1.807, 2.05) is 4.90 Å². The summed E-state index contributed by atoms with van der Waals surface area (Å²) in [6.45, 7) is 1.30. The number of carbonyl (C=O) groups is 1. The maximum atomic E-state index is 13.7. The number of alkyl halides is 3. The van der Waals surface area contributed by atoms with Gasteiger partial charge < -0.3 is 21.1 Å². The number of carbonyl (C=O) groups excluding carboxylic acids is 1. The van der Waals surface area contributed by atoms with Gasteiger partial charge in [-0.3, -0.25) is 4.90 Å². The van der Waals surface area contributed by atoms with E-state index in [4.69, 9.17) is 22.1 Å². The summed E-state index contributed by atoms with van der Waals surface area (Å²) in [5.74, 6) is 0.683. The number of urea groups is 1. The Balaban J connectivity index is 1.42. The third-order valence-corrected chi connectivity index (χ3v) is 5.62. The van der Waals surface area contributed by atoms with Crippen molar-refractivity contribution in [3.8, 4) is 11.6 Å². The van der Waals surface area contributed by atoms with E-state index in [0.29, 0.717) is 24.5 Å². The van der Waals surface area contributed by atoms with Crippen molar-refractivity contribution < 1.29 is 22.7 Å². The molecule has 4 rings (SSSR count). The second-order valence-electron chi connectivity index (χ2n) is 7.87. The van der Waals surface area contributed by atoms with E-state index in [1.165, 1.54) is 24.5 Å². The van der Waals surface area contributed by atoms with Crippen LogP contribution >= 0.6 is 11.6 Å². The normalized spacial score (nSPS) is 15.0. The Morgan fingerprint density at radius 1 is 1.03 bits per heavy atom. The van der Waals surface area contributed by atoms with Gasteiger partial charge in [-0.1, -0.05) is 17.7 Å². The van der Waals surface area contributed by atoms with Crippen LogP contribution in [-0.2, 0) is 6.18 Å². The number of ether oxygens (including phenoxy) is 1. The van der Waals surface area contributed by atoms with Crippen molar-refractivity contribution in [3.63, 3.8) is 0 Å². The van der Waals surface area contributed by atoms with Gasteiger partial charge in [0, 0.05) is 17.4 Å². The minimum atomic E-state index is -4.62. The van der Waals surface area contributed by atoms with Gasteiger partial charge in [-0.15, -0.1) is 0 Å². The van der Waals surface area contributed by atoms with Gasteiger partial charge in [0.05, 0.1) is 11.7 Å². The molecular weight excluding hydrogens is 485 g/mol. The lowest BCUT2D eigenvalue weighted by molar-refractivity contribution is -0.138. The van der Waals surface area contributed by atoms with E-state index in [2.05, 4.69) is 20.6 Å². The van der Waals surface area contributed by atoms with Crippen molar-refractivity contribution in [1.29, 1.82) is 0 Å². The van der Waals surface area contributed by atoms with Gasteiger partial charge in [-0.2, -0.15) is 13.2 Å². The molecule has 2 heterocycles. The summed E-state index contributed by atoms with van der Waals surface area (Å²) < 4.78 is 46.8. The third kappa shape index (κ3) is 6.38. The average molecular weight is 507 g/mol. The lowest BCUT2D eigenvalue weighted by Crippen LogP contribution is -2.33. The molecule has 1 aromatic heterocycles. The Morgan fingerprint density at radius 3 is 2.34 bits per heavy atom. The van der Waals surface area contributed by atoms with Crippen molar-refractivity contribution in [2.24, 2.45) is 5.73 Å². The van der Waals surface area contributed by atoms with Gasteiger partial charge >= 0.3 is 12.2 Å². The van der Waals surface area contributed by atoms with E-state index in [9.17, 15) is 18.0 Å². The van der Waals surface area contributed by atoms with Crippen LogP contribution in [0.1, 0.15) is 30.1 Å². The van der Waals surface area contributed by atoms with Crippen molar-refractivity contribution >= 4 is 29.0 Å². The van der Waals surface area contributed by atoms with Crippen LogP contribution in [0.5, 0.6) is 11.6 Å². The van der Waals surface area contributed by atoms with E-state index >= 15 is 0 Å². The molecule has 0 bridgehead atoms. The molecule has 2 amide bonds. The Morgan fingerprint density at radius 2 is 1.69 bits per heavy atom. The summed E-state index contributed by atoms with van der Waals surface area (Å²) in [5, 5.41) is 5.22. The molecule has 4 N–H and O–H groups in total. The fourth-order valence-corrected chi connectivity index (χ4v) is 3.88. The van der Waals surface area contributed by atoms with E-state index < -0.39 is 23.9 Å². The van der Waals surface area contributed by atoms with E-state index in [1.54, 1.807) is 24.3 Å². The monoisotopic (exact) mass is 506 g/mol. The molecule has 1 unspecified atom stereocenters. The fourth-order valence-electron chi connectivity index (χ4n) is 3.75. The number of benzene rings is 2. The molecule has 1 aliphatic rings. The van der Waals surface area contributed by atoms with Gasteiger partial charge in [0.25, 0.3) is 0 Å². The maximum absolute atomic E-state index is 13.7. The maximum Gasteiger partial charge on any atom is 0.416 e. The van der Waals surface area contributed by atoms with Gasteiger partial charge in [0.2, 0.25) is 5.88 Å². The number of likely N-dealkylation sites (tertiary alicyclic amines) is 1. The third-order valence-electron chi connectivity index (χ3n) is 5.41. The molecule has 35 heavy (non-hydrogen) atoms. The first-order valence-electron chi connectivity index (χ1n) is 10.7. The molecule has 2 aromatic carbocycles. The molecule has 0 aliphatic carbocycles. The minimum absolute atomic E-state index is 0.00668. The number of rotatable bonds is 6. The molecule has 3 aromatic rings. The topological polar surface area (TPSA) is 105 Å². The summed E-state index contributed by atoms with van der Waals surface area (Å²) in [6, 6.07) is 10.7. The Labute approximate surface area is 204 Å². The fraction of sp³-hybridized carbons (Fsp3) is 0.261. The van der Waals surface area contributed by atoms with Gasteiger partial charge in [0.1, 0.15) is 17.2 Å². The zero-order chi connectivity index (χ0) is 25.0. The number of nitrogens with two attached hydrogens (primary N) is 1. The van der Waals surface area contributed by atoms with Crippen LogP contribution in [0, 0.1) is 0 Å². The van der Waals surface area contributed by atoms with Crippen molar-refractivity contribution in [1.82, 2.24) is 14.9 Å². The first kappa shape index (κ1) is 24.7. The van der Waals surface area contributed by atoms with Gasteiger partial charge in [0.15, 0.2) is 0 Å². The van der Waals surface area contributed by atoms with Gasteiger partial charge in [-0.05, 0) is 67.9 Å². The highest BCUT2D eigenvalue weighted by molar-refractivity contribution is 6.29. The molecule has 0 saturated carbocycles. The molecule has 0 radical (unpaired) electrons. The molecule has 1 atom stereocenters. The van der Waals surface area contributed by atoms with Crippen molar-refractivity contribution in [2.45, 2.75) is 25.2 Å². The summed E-state index contributed by atoms with van der Waals surface area (Å²) in [6.07, 6.45) is -2.43. The second-order valence-corrected chi connectivity index (χ2v) is 8.26. The molecular formula is C23H22ClF3N6O2. The van der Waals surface area contributed by atoms with Gasteiger partial charge in [-0.25, -0.2) is 14.8 Å². The zero-order valence-electron chi connectivity index (χ0n) is 18.3. The molecule has 1 fully saturated rings. The zero-order valence-corrected chi connectivity index (χ0v) is 19.1. The SMILES string of the molecule is NC(c1ccc(NC(=O)Nc2ccc(Oc3cc(Cl)ncn3)cc2)cc1C(F)(F)F)N1CCCC1. The van der Waals surface area contributed by atoms with Crippen molar-refractivity contribution in [2.75, 3.05) is 23.7 Å². The number of nitrogens with one attached hydrogen (secondary N) is 2. The number of nitrogens with zero attached hydrogens (tertiary/aromatic N) is 3. The Kier molecular flexibility index (Phi) is 7.39. The predicted octanol–water partition coefficient (Wildman–Crippen LogP) is 5.64. The lowest BCUT2D eigenvalue weighted by Gasteiger charge is -2.27. The molecule has 8 nitrogen and oxygen atoms in total. The number of amides is 2. The number of anilines is 2.